The zero-order valence-electron chi connectivity index (χ0n) is 7.35. The Morgan fingerprint density at radius 1 is 1.43 bits per heavy atom. The molecule has 7 nitrogen and oxygen atoms in total. The predicted octanol–water partition coefficient (Wildman–Crippen LogP) is -0.263. The molecule has 0 aromatic carbocycles. The van der Waals surface area contributed by atoms with E-state index in [1.807, 2.05) is 0 Å². The summed E-state index contributed by atoms with van der Waals surface area (Å²) in [5.41, 5.74) is 6.06. The van der Waals surface area contributed by atoms with Gasteiger partial charge in [0.2, 0.25) is 11.8 Å². The van der Waals surface area contributed by atoms with Crippen LogP contribution in [-0.2, 0) is 7.05 Å². The maximum atomic E-state index is 5.61. The van der Waals surface area contributed by atoms with E-state index >= 15 is 0 Å². The third-order valence-corrected chi connectivity index (χ3v) is 2.30. The number of nitrogens with two attached hydrogens (primary N) is 2. The van der Waals surface area contributed by atoms with E-state index in [4.69, 9.17) is 11.6 Å². The Balaban J connectivity index is 2.59. The highest BCUT2D eigenvalue weighted by Crippen LogP contribution is 2.24. The van der Waals surface area contributed by atoms with Gasteiger partial charge in [-0.3, -0.25) is 4.68 Å². The SMILES string of the molecule is Cn1cc(Br)c(-c2nnc(N)n2N)n1. The van der Waals surface area contributed by atoms with E-state index in [1.165, 1.54) is 4.68 Å². The second kappa shape index (κ2) is 2.98. The van der Waals surface area contributed by atoms with E-state index in [2.05, 4.69) is 31.2 Å². The maximum absolute atomic E-state index is 5.61. The molecule has 2 aromatic heterocycles. The van der Waals surface area contributed by atoms with Crippen molar-refractivity contribution in [1.29, 1.82) is 0 Å². The fourth-order valence-corrected chi connectivity index (χ4v) is 1.63. The summed E-state index contributed by atoms with van der Waals surface area (Å²) in [5.74, 6) is 6.19. The predicted molar refractivity (Wildman–Crippen MR) is 54.5 cm³/mol. The van der Waals surface area contributed by atoms with Gasteiger partial charge in [-0.2, -0.15) is 5.10 Å². The lowest BCUT2D eigenvalue weighted by molar-refractivity contribution is 0.766. The Morgan fingerprint density at radius 2 is 2.14 bits per heavy atom. The fraction of sp³-hybridized carbons (Fsp3) is 0.167. The molecule has 0 saturated heterocycles. The summed E-state index contributed by atoms with van der Waals surface area (Å²) in [6, 6.07) is 0. The highest BCUT2D eigenvalue weighted by molar-refractivity contribution is 9.10. The van der Waals surface area contributed by atoms with Crippen LogP contribution in [0.25, 0.3) is 11.5 Å². The first kappa shape index (κ1) is 9.00. The summed E-state index contributed by atoms with van der Waals surface area (Å²) < 4.78 is 3.62. The molecule has 2 rings (SSSR count). The minimum absolute atomic E-state index is 0.151. The topological polar surface area (TPSA) is 101 Å². The van der Waals surface area contributed by atoms with E-state index < -0.39 is 0 Å². The van der Waals surface area contributed by atoms with Crippen LogP contribution in [-0.4, -0.2) is 24.7 Å². The van der Waals surface area contributed by atoms with Gasteiger partial charge in [-0.1, -0.05) is 0 Å². The molecule has 0 aliphatic carbocycles. The van der Waals surface area contributed by atoms with Crippen molar-refractivity contribution < 1.29 is 0 Å². The molecule has 8 heteroatoms. The molecule has 0 unspecified atom stereocenters. The van der Waals surface area contributed by atoms with Gasteiger partial charge in [-0.15, -0.1) is 10.2 Å². The molecule has 0 atom stereocenters. The molecular formula is C6H8BrN7. The van der Waals surface area contributed by atoms with E-state index in [9.17, 15) is 0 Å². The molecule has 0 amide bonds. The van der Waals surface area contributed by atoms with Crippen molar-refractivity contribution in [2.75, 3.05) is 11.6 Å². The third kappa shape index (κ3) is 1.23. The summed E-state index contributed by atoms with van der Waals surface area (Å²) >= 11 is 3.34. The van der Waals surface area contributed by atoms with Crippen molar-refractivity contribution in [2.45, 2.75) is 0 Å². The van der Waals surface area contributed by atoms with Gasteiger partial charge in [0.05, 0.1) is 4.47 Å². The van der Waals surface area contributed by atoms with Crippen molar-refractivity contribution in [2.24, 2.45) is 7.05 Å². The molecule has 0 saturated carbocycles. The van der Waals surface area contributed by atoms with Gasteiger partial charge >= 0.3 is 0 Å². The van der Waals surface area contributed by atoms with Crippen LogP contribution >= 0.6 is 15.9 Å². The van der Waals surface area contributed by atoms with Gasteiger partial charge in [0, 0.05) is 13.2 Å². The van der Waals surface area contributed by atoms with Crippen molar-refractivity contribution in [1.82, 2.24) is 24.7 Å². The van der Waals surface area contributed by atoms with Crippen LogP contribution in [0.15, 0.2) is 10.7 Å². The van der Waals surface area contributed by atoms with Gasteiger partial charge in [-0.05, 0) is 15.9 Å². The zero-order chi connectivity index (χ0) is 10.3. The Morgan fingerprint density at radius 3 is 2.57 bits per heavy atom. The summed E-state index contributed by atoms with van der Waals surface area (Å²) in [6.07, 6.45) is 1.79. The van der Waals surface area contributed by atoms with E-state index in [0.29, 0.717) is 11.5 Å². The number of nitrogens with zero attached hydrogens (tertiary/aromatic N) is 5. The van der Waals surface area contributed by atoms with Crippen LogP contribution in [0.1, 0.15) is 0 Å². The molecule has 14 heavy (non-hydrogen) atoms. The molecule has 0 aliphatic heterocycles. The Bertz CT molecular complexity index is 470. The lowest BCUT2D eigenvalue weighted by atomic mass is 10.4. The zero-order valence-corrected chi connectivity index (χ0v) is 8.93. The summed E-state index contributed by atoms with van der Waals surface area (Å²) in [6.45, 7) is 0. The third-order valence-electron chi connectivity index (χ3n) is 1.72. The van der Waals surface area contributed by atoms with Crippen LogP contribution in [0.5, 0.6) is 0 Å². The Kier molecular flexibility index (Phi) is 1.92. The second-order valence-corrected chi connectivity index (χ2v) is 3.61. The maximum Gasteiger partial charge on any atom is 0.241 e. The van der Waals surface area contributed by atoms with Gasteiger partial charge in [-0.25, -0.2) is 4.68 Å². The number of nitrogen functional groups attached to an aromatic ring is 2. The molecule has 4 N–H and O–H groups in total. The van der Waals surface area contributed by atoms with Gasteiger partial charge in [0.25, 0.3) is 0 Å². The van der Waals surface area contributed by atoms with Gasteiger partial charge in [0.15, 0.2) is 0 Å². The Hall–Kier alpha value is -1.57. The molecule has 0 radical (unpaired) electrons. The number of hydrogen-bond donors (Lipinski definition) is 2. The van der Waals surface area contributed by atoms with Crippen molar-refractivity contribution in [3.8, 4) is 11.5 Å². The first-order valence-electron chi connectivity index (χ1n) is 3.75. The molecular weight excluding hydrogens is 250 g/mol. The van der Waals surface area contributed by atoms with Crippen LogP contribution in [0, 0.1) is 0 Å². The highest BCUT2D eigenvalue weighted by atomic mass is 79.9. The first-order valence-corrected chi connectivity index (χ1v) is 4.54. The van der Waals surface area contributed by atoms with Crippen molar-refractivity contribution >= 4 is 21.9 Å². The average molecular weight is 258 g/mol. The quantitative estimate of drug-likeness (QED) is 0.686. The fourth-order valence-electron chi connectivity index (χ4n) is 1.08. The summed E-state index contributed by atoms with van der Waals surface area (Å²) in [5, 5.41) is 11.6. The summed E-state index contributed by atoms with van der Waals surface area (Å²) in [7, 11) is 1.80. The second-order valence-electron chi connectivity index (χ2n) is 2.75. The highest BCUT2D eigenvalue weighted by Gasteiger charge is 2.15. The monoisotopic (exact) mass is 257 g/mol. The lowest BCUT2D eigenvalue weighted by Crippen LogP contribution is -2.13. The molecule has 74 valence electrons. The number of aromatic nitrogens is 5. The first-order chi connectivity index (χ1) is 6.59. The number of rotatable bonds is 1. The Labute approximate surface area is 87.8 Å². The van der Waals surface area contributed by atoms with Gasteiger partial charge in [0.1, 0.15) is 5.69 Å². The minimum atomic E-state index is 0.151. The van der Waals surface area contributed by atoms with E-state index in [-0.39, 0.29) is 5.95 Å². The van der Waals surface area contributed by atoms with E-state index in [0.717, 1.165) is 4.47 Å². The normalized spacial score (nSPS) is 10.7. The van der Waals surface area contributed by atoms with Crippen LogP contribution < -0.4 is 11.6 Å². The lowest BCUT2D eigenvalue weighted by Gasteiger charge is -1.97. The molecule has 2 heterocycles. The average Bonchev–Trinajstić information content (AvgIpc) is 2.59. The number of aryl methyl sites for hydroxylation is 1. The smallest absolute Gasteiger partial charge is 0.241 e. The van der Waals surface area contributed by atoms with Gasteiger partial charge < -0.3 is 11.6 Å². The molecule has 0 spiro atoms. The summed E-state index contributed by atoms with van der Waals surface area (Å²) in [4.78, 5) is 0. The van der Waals surface area contributed by atoms with Crippen LogP contribution in [0.2, 0.25) is 0 Å². The molecule has 2 aromatic rings. The van der Waals surface area contributed by atoms with E-state index in [1.54, 1.807) is 17.9 Å². The number of hydrogen-bond acceptors (Lipinski definition) is 5. The largest absolute Gasteiger partial charge is 0.366 e. The minimum Gasteiger partial charge on any atom is -0.366 e. The van der Waals surface area contributed by atoms with Crippen LogP contribution in [0.4, 0.5) is 5.95 Å². The number of anilines is 1. The van der Waals surface area contributed by atoms with Crippen LogP contribution in [0.3, 0.4) is 0 Å². The number of halogens is 1. The molecule has 0 bridgehead atoms. The van der Waals surface area contributed by atoms with Crippen molar-refractivity contribution in [3.05, 3.63) is 10.7 Å². The molecule has 0 aliphatic rings. The van der Waals surface area contributed by atoms with Crippen molar-refractivity contribution in [3.63, 3.8) is 0 Å². The molecule has 0 fully saturated rings. The standard InChI is InChI=1S/C6H8BrN7/c1-13-2-3(7)4(12-13)5-10-11-6(8)14(5)9/h2H,9H2,1H3,(H2,8,11).